The summed E-state index contributed by atoms with van der Waals surface area (Å²) in [4.78, 5) is 0. The highest BCUT2D eigenvalue weighted by molar-refractivity contribution is 5.42. The Kier molecular flexibility index (Phi) is 3.22. The number of aryl methyl sites for hydroxylation is 2. The fourth-order valence-electron chi connectivity index (χ4n) is 2.27. The Morgan fingerprint density at radius 1 is 1.00 bits per heavy atom. The van der Waals surface area contributed by atoms with Crippen LogP contribution in [0.2, 0.25) is 0 Å². The normalized spacial score (nSPS) is 14.3. The lowest BCUT2D eigenvalue weighted by Gasteiger charge is -2.28. The van der Waals surface area contributed by atoms with Crippen LogP contribution in [0.1, 0.15) is 29.2 Å². The number of hydrogen-bond donors (Lipinski definition) is 1. The predicted molar refractivity (Wildman–Crippen MR) is 73.0 cm³/mol. The highest BCUT2D eigenvalue weighted by atomic mass is 19.1. The van der Waals surface area contributed by atoms with Gasteiger partial charge in [-0.1, -0.05) is 35.9 Å². The van der Waals surface area contributed by atoms with E-state index < -0.39 is 5.54 Å². The van der Waals surface area contributed by atoms with Gasteiger partial charge in [-0.05, 0) is 49.6 Å². The van der Waals surface area contributed by atoms with Crippen LogP contribution in [0.15, 0.2) is 42.5 Å². The van der Waals surface area contributed by atoms with Gasteiger partial charge in [-0.2, -0.15) is 0 Å². The van der Waals surface area contributed by atoms with Crippen molar-refractivity contribution in [1.29, 1.82) is 0 Å². The molecule has 0 aromatic heterocycles. The quantitative estimate of drug-likeness (QED) is 0.855. The molecule has 1 nitrogen and oxygen atoms in total. The fourth-order valence-corrected chi connectivity index (χ4v) is 2.27. The minimum Gasteiger partial charge on any atom is -0.318 e. The van der Waals surface area contributed by atoms with Crippen molar-refractivity contribution in [2.24, 2.45) is 5.73 Å². The SMILES string of the molecule is Cc1ccc(C(C)(N)c2ccc(F)cc2C)cc1. The van der Waals surface area contributed by atoms with Crippen LogP contribution in [-0.4, -0.2) is 0 Å². The molecule has 2 aromatic rings. The van der Waals surface area contributed by atoms with Crippen LogP contribution in [0.4, 0.5) is 4.39 Å². The van der Waals surface area contributed by atoms with E-state index in [0.29, 0.717) is 0 Å². The first-order chi connectivity index (χ1) is 8.41. The average Bonchev–Trinajstić information content (AvgIpc) is 2.29. The van der Waals surface area contributed by atoms with Crippen LogP contribution in [0.25, 0.3) is 0 Å². The molecule has 18 heavy (non-hydrogen) atoms. The second-order valence-electron chi connectivity index (χ2n) is 5.03. The van der Waals surface area contributed by atoms with Gasteiger partial charge in [0, 0.05) is 0 Å². The van der Waals surface area contributed by atoms with Crippen molar-refractivity contribution < 1.29 is 4.39 Å². The highest BCUT2D eigenvalue weighted by Crippen LogP contribution is 2.29. The summed E-state index contributed by atoms with van der Waals surface area (Å²) < 4.78 is 13.2. The standard InChI is InChI=1S/C16H18FN/c1-11-4-6-13(7-5-11)16(3,18)15-9-8-14(17)10-12(15)2/h4-10H,18H2,1-3H3. The monoisotopic (exact) mass is 243 g/mol. The summed E-state index contributed by atoms with van der Waals surface area (Å²) in [5.41, 5.74) is 9.89. The Morgan fingerprint density at radius 2 is 1.61 bits per heavy atom. The van der Waals surface area contributed by atoms with Gasteiger partial charge in [0.2, 0.25) is 0 Å². The summed E-state index contributed by atoms with van der Waals surface area (Å²) in [6.07, 6.45) is 0. The fraction of sp³-hybridized carbons (Fsp3) is 0.250. The van der Waals surface area contributed by atoms with E-state index in [1.54, 1.807) is 6.07 Å². The molecule has 2 N–H and O–H groups in total. The van der Waals surface area contributed by atoms with Crippen LogP contribution in [0.5, 0.6) is 0 Å². The van der Waals surface area contributed by atoms with Crippen molar-refractivity contribution in [3.8, 4) is 0 Å². The van der Waals surface area contributed by atoms with Gasteiger partial charge in [-0.15, -0.1) is 0 Å². The Hall–Kier alpha value is -1.67. The second kappa shape index (κ2) is 4.54. The van der Waals surface area contributed by atoms with Crippen LogP contribution in [0, 0.1) is 19.7 Å². The first-order valence-corrected chi connectivity index (χ1v) is 6.04. The molecule has 2 rings (SSSR count). The number of rotatable bonds is 2. The molecular formula is C16H18FN. The minimum absolute atomic E-state index is 0.226. The van der Waals surface area contributed by atoms with Crippen molar-refractivity contribution in [1.82, 2.24) is 0 Å². The lowest BCUT2D eigenvalue weighted by molar-refractivity contribution is 0.588. The Labute approximate surface area is 107 Å². The Balaban J connectivity index is 2.50. The van der Waals surface area contributed by atoms with Crippen molar-refractivity contribution in [3.05, 3.63) is 70.5 Å². The van der Waals surface area contributed by atoms with E-state index >= 15 is 0 Å². The molecule has 94 valence electrons. The van der Waals surface area contributed by atoms with Gasteiger partial charge in [0.1, 0.15) is 5.82 Å². The molecule has 0 fully saturated rings. The zero-order chi connectivity index (χ0) is 13.3. The summed E-state index contributed by atoms with van der Waals surface area (Å²) in [5.74, 6) is -0.226. The van der Waals surface area contributed by atoms with Crippen LogP contribution < -0.4 is 5.73 Å². The van der Waals surface area contributed by atoms with E-state index in [2.05, 4.69) is 0 Å². The van der Waals surface area contributed by atoms with Gasteiger partial charge in [0.05, 0.1) is 5.54 Å². The molecule has 0 saturated carbocycles. The maximum absolute atomic E-state index is 13.2. The summed E-state index contributed by atoms with van der Waals surface area (Å²) in [6, 6.07) is 12.9. The highest BCUT2D eigenvalue weighted by Gasteiger charge is 2.25. The summed E-state index contributed by atoms with van der Waals surface area (Å²) in [7, 11) is 0. The maximum atomic E-state index is 13.2. The van der Waals surface area contributed by atoms with E-state index in [9.17, 15) is 4.39 Å². The van der Waals surface area contributed by atoms with E-state index in [4.69, 9.17) is 5.73 Å². The van der Waals surface area contributed by atoms with Crippen LogP contribution in [-0.2, 0) is 5.54 Å². The number of hydrogen-bond acceptors (Lipinski definition) is 1. The molecule has 1 unspecified atom stereocenters. The van der Waals surface area contributed by atoms with Gasteiger partial charge in [0.25, 0.3) is 0 Å². The van der Waals surface area contributed by atoms with Crippen molar-refractivity contribution in [3.63, 3.8) is 0 Å². The summed E-state index contributed by atoms with van der Waals surface area (Å²) in [6.45, 7) is 5.89. The van der Waals surface area contributed by atoms with E-state index in [1.807, 2.05) is 45.0 Å². The van der Waals surface area contributed by atoms with Crippen LogP contribution >= 0.6 is 0 Å². The van der Waals surface area contributed by atoms with Gasteiger partial charge in [-0.25, -0.2) is 4.39 Å². The number of halogens is 1. The maximum Gasteiger partial charge on any atom is 0.123 e. The zero-order valence-electron chi connectivity index (χ0n) is 11.0. The van der Waals surface area contributed by atoms with Crippen LogP contribution in [0.3, 0.4) is 0 Å². The summed E-state index contributed by atoms with van der Waals surface area (Å²) in [5, 5.41) is 0. The second-order valence-corrected chi connectivity index (χ2v) is 5.03. The van der Waals surface area contributed by atoms with E-state index in [0.717, 1.165) is 16.7 Å². The molecule has 0 aliphatic heterocycles. The third kappa shape index (κ3) is 2.29. The van der Waals surface area contributed by atoms with E-state index in [1.165, 1.54) is 17.7 Å². The lowest BCUT2D eigenvalue weighted by Crippen LogP contribution is -2.35. The van der Waals surface area contributed by atoms with Gasteiger partial charge in [0.15, 0.2) is 0 Å². The summed E-state index contributed by atoms with van der Waals surface area (Å²) >= 11 is 0. The first kappa shape index (κ1) is 12.8. The molecule has 0 saturated heterocycles. The van der Waals surface area contributed by atoms with Crippen molar-refractivity contribution in [2.45, 2.75) is 26.3 Å². The predicted octanol–water partition coefficient (Wildman–Crippen LogP) is 3.66. The molecule has 0 spiro atoms. The van der Waals surface area contributed by atoms with E-state index in [-0.39, 0.29) is 5.82 Å². The average molecular weight is 243 g/mol. The zero-order valence-corrected chi connectivity index (χ0v) is 11.0. The molecule has 2 heteroatoms. The molecule has 0 radical (unpaired) electrons. The third-order valence-corrected chi connectivity index (χ3v) is 3.40. The number of nitrogens with two attached hydrogens (primary N) is 1. The van der Waals surface area contributed by atoms with Gasteiger partial charge in [-0.3, -0.25) is 0 Å². The third-order valence-electron chi connectivity index (χ3n) is 3.40. The topological polar surface area (TPSA) is 26.0 Å². The molecule has 0 heterocycles. The minimum atomic E-state index is -0.606. The molecule has 0 amide bonds. The molecule has 0 aliphatic carbocycles. The van der Waals surface area contributed by atoms with Gasteiger partial charge < -0.3 is 5.73 Å². The number of benzene rings is 2. The Morgan fingerprint density at radius 3 is 2.17 bits per heavy atom. The molecule has 0 bridgehead atoms. The molecular weight excluding hydrogens is 225 g/mol. The molecule has 2 aromatic carbocycles. The Bertz CT molecular complexity index is 556. The van der Waals surface area contributed by atoms with Crippen molar-refractivity contribution >= 4 is 0 Å². The molecule has 0 aliphatic rings. The van der Waals surface area contributed by atoms with Crippen molar-refractivity contribution in [2.75, 3.05) is 0 Å². The van der Waals surface area contributed by atoms with Gasteiger partial charge >= 0.3 is 0 Å². The first-order valence-electron chi connectivity index (χ1n) is 6.04. The molecule has 1 atom stereocenters. The smallest absolute Gasteiger partial charge is 0.123 e. The lowest BCUT2D eigenvalue weighted by atomic mass is 9.83. The largest absolute Gasteiger partial charge is 0.318 e.